The van der Waals surface area contributed by atoms with Gasteiger partial charge < -0.3 is 29.0 Å². The minimum absolute atomic E-state index is 0.0172. The summed E-state index contributed by atoms with van der Waals surface area (Å²) in [5.41, 5.74) is 0.168. The summed E-state index contributed by atoms with van der Waals surface area (Å²) < 4.78 is 41.9. The lowest BCUT2D eigenvalue weighted by atomic mass is 9.95. The van der Waals surface area contributed by atoms with Gasteiger partial charge in [-0.05, 0) is 77.0 Å². The quantitative estimate of drug-likeness (QED) is 0.203. The Balaban J connectivity index is 1.20. The highest BCUT2D eigenvalue weighted by atomic mass is 19.1. The molecule has 0 spiro atoms. The van der Waals surface area contributed by atoms with Crippen molar-refractivity contribution in [2.45, 2.75) is 83.2 Å². The summed E-state index contributed by atoms with van der Waals surface area (Å²) in [6, 6.07) is 7.65. The monoisotopic (exact) mass is 779 g/mol. The molecule has 14 nitrogen and oxygen atoms in total. The second kappa shape index (κ2) is 13.9. The summed E-state index contributed by atoms with van der Waals surface area (Å²) in [5.74, 6) is 2.47. The fourth-order valence-corrected chi connectivity index (χ4v) is 9.17. The number of carbonyl (C=O) groups is 2. The van der Waals surface area contributed by atoms with Gasteiger partial charge in [0.2, 0.25) is 5.88 Å². The fraction of sp³-hybridized carbons (Fsp3) is 0.500. The van der Waals surface area contributed by atoms with Crippen LogP contribution in [0, 0.1) is 23.6 Å². The van der Waals surface area contributed by atoms with Crippen molar-refractivity contribution in [1.29, 1.82) is 0 Å². The maximum Gasteiger partial charge on any atom is 0.412 e. The molecule has 9 rings (SSSR count). The van der Waals surface area contributed by atoms with Gasteiger partial charge in [-0.15, -0.1) is 6.42 Å². The number of hydrogen-bond donors (Lipinski definition) is 2. The molecule has 57 heavy (non-hydrogen) atoms. The molecular weight excluding hydrogens is 734 g/mol. The second-order valence-electron chi connectivity index (χ2n) is 17.0. The number of amides is 2. The van der Waals surface area contributed by atoms with E-state index in [1.165, 1.54) is 4.90 Å². The highest BCUT2D eigenvalue weighted by molar-refractivity contribution is 6.06. The number of piperazine rings is 1. The van der Waals surface area contributed by atoms with E-state index in [0.29, 0.717) is 72.6 Å². The van der Waals surface area contributed by atoms with Crippen molar-refractivity contribution in [3.8, 4) is 35.5 Å². The second-order valence-corrected chi connectivity index (χ2v) is 17.0. The van der Waals surface area contributed by atoms with Gasteiger partial charge in [-0.3, -0.25) is 15.1 Å². The van der Waals surface area contributed by atoms with Crippen LogP contribution in [0.25, 0.3) is 32.9 Å². The highest BCUT2D eigenvalue weighted by Crippen LogP contribution is 2.49. The molecule has 2 aromatic carbocycles. The molecule has 2 amide bonds. The molecule has 2 bridgehead atoms. The fourth-order valence-electron chi connectivity index (χ4n) is 9.17. The molecular formula is C42H46FN7O7. The van der Waals surface area contributed by atoms with Crippen LogP contribution in [0.5, 0.6) is 11.9 Å². The summed E-state index contributed by atoms with van der Waals surface area (Å²) in [5, 5.41) is 14.5. The Labute approximate surface area is 329 Å². The zero-order chi connectivity index (χ0) is 39.8. The van der Waals surface area contributed by atoms with E-state index in [9.17, 15) is 14.7 Å². The molecule has 6 heterocycles. The van der Waals surface area contributed by atoms with Crippen LogP contribution < -0.4 is 19.7 Å². The smallest absolute Gasteiger partial charge is 0.412 e. The number of terminal acetylenes is 1. The van der Waals surface area contributed by atoms with Crippen LogP contribution in [0.4, 0.5) is 25.5 Å². The number of hydrogen-bond acceptors (Lipinski definition) is 11. The number of anilines is 2. The number of carbonyl (C=O) groups excluding carboxylic acids is 1. The molecule has 298 valence electrons. The van der Waals surface area contributed by atoms with Gasteiger partial charge in [-0.2, -0.15) is 9.97 Å². The summed E-state index contributed by atoms with van der Waals surface area (Å²) in [6.07, 6.45) is 7.08. The largest absolute Gasteiger partial charge is 0.472 e. The van der Waals surface area contributed by atoms with E-state index >= 15 is 4.39 Å². The Bertz CT molecular complexity index is 2330. The van der Waals surface area contributed by atoms with E-state index in [4.69, 9.17) is 40.3 Å². The minimum Gasteiger partial charge on any atom is -0.472 e. The maximum absolute atomic E-state index is 17.7. The predicted octanol–water partition coefficient (Wildman–Crippen LogP) is 6.28. The van der Waals surface area contributed by atoms with Crippen LogP contribution in [-0.2, 0) is 9.47 Å². The van der Waals surface area contributed by atoms with Crippen LogP contribution in [0.15, 0.2) is 30.3 Å². The number of ether oxygens (including phenoxy) is 4. The lowest BCUT2D eigenvalue weighted by molar-refractivity contribution is 0.0231. The SMILES string of the molecule is C#Cc1cccc2cc(NC(=O)OC(C)(C)C)cc(-c3nc4c5c(nc(OCC6(CN7CCOCC7)CC6)nc5c3F)N3CC5CCC(C3C(C)O4)N5C(=O)O)c12. The van der Waals surface area contributed by atoms with Crippen LogP contribution in [0.3, 0.4) is 0 Å². The number of benzene rings is 2. The molecule has 0 radical (unpaired) electrons. The number of carboxylic acid groups (broad SMARTS) is 1. The van der Waals surface area contributed by atoms with Crippen molar-refractivity contribution in [3.63, 3.8) is 0 Å². The molecule has 1 aliphatic carbocycles. The normalized spacial score (nSPS) is 23.6. The third-order valence-corrected chi connectivity index (χ3v) is 11.9. The van der Waals surface area contributed by atoms with Gasteiger partial charge in [0, 0.05) is 53.8 Å². The number of fused-ring (bicyclic) bond motifs is 6. The molecule has 4 aliphatic heterocycles. The van der Waals surface area contributed by atoms with Crippen LogP contribution in [-0.4, -0.2) is 118 Å². The first kappa shape index (κ1) is 37.1. The van der Waals surface area contributed by atoms with E-state index in [1.54, 1.807) is 45.0 Å². The van der Waals surface area contributed by atoms with E-state index in [0.717, 1.165) is 32.5 Å². The first-order chi connectivity index (χ1) is 27.3. The molecule has 1 saturated carbocycles. The van der Waals surface area contributed by atoms with E-state index in [2.05, 4.69) is 21.0 Å². The molecule has 4 atom stereocenters. The molecule has 15 heteroatoms. The third kappa shape index (κ3) is 6.78. The average molecular weight is 780 g/mol. The Morgan fingerprint density at radius 3 is 2.63 bits per heavy atom. The Hall–Kier alpha value is -5.46. The van der Waals surface area contributed by atoms with Gasteiger partial charge in [0.25, 0.3) is 0 Å². The molecule has 4 aromatic rings. The Kier molecular flexibility index (Phi) is 9.04. The highest BCUT2D eigenvalue weighted by Gasteiger charge is 2.53. The van der Waals surface area contributed by atoms with Crippen molar-refractivity contribution < 1.29 is 38.0 Å². The number of rotatable bonds is 7. The van der Waals surface area contributed by atoms with Crippen LogP contribution in [0.2, 0.25) is 0 Å². The first-order valence-corrected chi connectivity index (χ1v) is 19.6. The van der Waals surface area contributed by atoms with E-state index in [1.807, 2.05) is 13.0 Å². The zero-order valence-corrected chi connectivity index (χ0v) is 32.5. The number of morpholine rings is 1. The van der Waals surface area contributed by atoms with Gasteiger partial charge in [0.15, 0.2) is 5.82 Å². The van der Waals surface area contributed by atoms with Crippen molar-refractivity contribution in [1.82, 2.24) is 24.8 Å². The molecule has 3 saturated heterocycles. The van der Waals surface area contributed by atoms with E-state index in [-0.39, 0.29) is 46.0 Å². The Morgan fingerprint density at radius 2 is 1.91 bits per heavy atom. The molecule has 4 fully saturated rings. The van der Waals surface area contributed by atoms with Crippen molar-refractivity contribution >= 4 is 45.4 Å². The molecule has 5 aliphatic rings. The van der Waals surface area contributed by atoms with Crippen molar-refractivity contribution in [2.75, 3.05) is 56.2 Å². The van der Waals surface area contributed by atoms with Crippen LogP contribution in [0.1, 0.15) is 58.9 Å². The first-order valence-electron chi connectivity index (χ1n) is 19.6. The maximum atomic E-state index is 17.7. The summed E-state index contributed by atoms with van der Waals surface area (Å²) in [4.78, 5) is 46.1. The number of aromatic nitrogens is 3. The van der Waals surface area contributed by atoms with Crippen LogP contribution >= 0.6 is 0 Å². The van der Waals surface area contributed by atoms with Gasteiger partial charge in [0.1, 0.15) is 34.1 Å². The van der Waals surface area contributed by atoms with Gasteiger partial charge in [-0.1, -0.05) is 18.1 Å². The summed E-state index contributed by atoms with van der Waals surface area (Å²) in [7, 11) is 0. The van der Waals surface area contributed by atoms with Gasteiger partial charge in [-0.25, -0.2) is 19.0 Å². The lowest BCUT2D eigenvalue weighted by Gasteiger charge is -2.47. The van der Waals surface area contributed by atoms with Crippen molar-refractivity contribution in [3.05, 3.63) is 41.7 Å². The Morgan fingerprint density at radius 1 is 1.12 bits per heavy atom. The topological polar surface area (TPSA) is 152 Å². The summed E-state index contributed by atoms with van der Waals surface area (Å²) in [6.45, 7) is 11.8. The lowest BCUT2D eigenvalue weighted by Crippen LogP contribution is -2.64. The summed E-state index contributed by atoms with van der Waals surface area (Å²) >= 11 is 0. The number of halogens is 1. The van der Waals surface area contributed by atoms with E-state index < -0.39 is 35.8 Å². The number of nitrogens with one attached hydrogen (secondary N) is 1. The molecule has 2 aromatic heterocycles. The number of nitrogens with zero attached hydrogens (tertiary/aromatic N) is 6. The number of pyridine rings is 1. The van der Waals surface area contributed by atoms with Crippen molar-refractivity contribution in [2.24, 2.45) is 5.41 Å². The molecule has 4 unspecified atom stereocenters. The minimum atomic E-state index is -0.981. The van der Waals surface area contributed by atoms with Gasteiger partial charge >= 0.3 is 18.2 Å². The average Bonchev–Trinajstić information content (AvgIpc) is 3.88. The zero-order valence-electron chi connectivity index (χ0n) is 32.5. The van der Waals surface area contributed by atoms with Gasteiger partial charge in [0.05, 0.1) is 37.9 Å². The standard InChI is InChI=1S/C42H46FN7O7/c1-6-24-8-7-9-25-18-26(44-39(51)57-41(3,4)5)19-28(30(24)25)33-32(43)34-31-36(47-38(46-34)55-22-42(12-13-42)21-48-14-16-54-17-15-48)49-20-27-10-11-29(50(27)40(52)53)35(49)23(2)56-37(31)45-33/h1,7-9,18-19,23,27,29,35H,10-17,20-22H2,2-5H3,(H,44,51)(H,52,53). The third-order valence-electron chi connectivity index (χ3n) is 11.9. The predicted molar refractivity (Wildman–Crippen MR) is 210 cm³/mol. The molecule has 2 N–H and O–H groups in total.